The molecule has 1 aliphatic heterocycles. The highest BCUT2D eigenvalue weighted by Gasteiger charge is 2.39. The molecule has 1 saturated heterocycles. The third-order valence-corrected chi connectivity index (χ3v) is 5.15. The highest BCUT2D eigenvalue weighted by molar-refractivity contribution is 5.03. The molecule has 1 aliphatic rings. The summed E-state index contributed by atoms with van der Waals surface area (Å²) >= 11 is 0. The second-order valence-corrected chi connectivity index (χ2v) is 6.49. The predicted octanol–water partition coefficient (Wildman–Crippen LogP) is 3.83. The highest BCUT2D eigenvalue weighted by Crippen LogP contribution is 2.29. The molecule has 1 fully saturated rings. The third kappa shape index (κ3) is 4.06. The zero-order valence-electron chi connectivity index (χ0n) is 13.9. The normalized spacial score (nSPS) is 25.1. The number of hydrogen-bond donors (Lipinski definition) is 1. The Morgan fingerprint density at radius 1 is 1.32 bits per heavy atom. The quantitative estimate of drug-likeness (QED) is 0.735. The van der Waals surface area contributed by atoms with Gasteiger partial charge in [-0.2, -0.15) is 0 Å². The van der Waals surface area contributed by atoms with E-state index in [0.717, 1.165) is 19.0 Å². The second kappa shape index (κ2) is 7.44. The van der Waals surface area contributed by atoms with E-state index in [9.17, 15) is 0 Å². The largest absolute Gasteiger partial charge is 0.311 e. The van der Waals surface area contributed by atoms with Crippen LogP contribution in [0.2, 0.25) is 0 Å². The molecule has 0 bridgehead atoms. The van der Waals surface area contributed by atoms with E-state index in [1.54, 1.807) is 0 Å². The number of rotatable bonds is 6. The van der Waals surface area contributed by atoms with Crippen LogP contribution in [0.15, 0.2) is 11.6 Å². The van der Waals surface area contributed by atoms with Crippen molar-refractivity contribution in [2.75, 3.05) is 19.6 Å². The van der Waals surface area contributed by atoms with E-state index >= 15 is 0 Å². The zero-order valence-corrected chi connectivity index (χ0v) is 13.9. The van der Waals surface area contributed by atoms with E-state index in [1.807, 2.05) is 0 Å². The van der Waals surface area contributed by atoms with Gasteiger partial charge in [0.05, 0.1) is 0 Å². The van der Waals surface area contributed by atoms with Crippen molar-refractivity contribution in [2.45, 2.75) is 72.4 Å². The van der Waals surface area contributed by atoms with Crippen LogP contribution in [0.5, 0.6) is 0 Å². The van der Waals surface area contributed by atoms with Gasteiger partial charge in [0, 0.05) is 31.2 Å². The average Bonchev–Trinajstić information content (AvgIpc) is 2.43. The first kappa shape index (κ1) is 16.7. The lowest BCUT2D eigenvalue weighted by Crippen LogP contribution is -2.65. The van der Waals surface area contributed by atoms with E-state index in [0.29, 0.717) is 11.6 Å². The van der Waals surface area contributed by atoms with Gasteiger partial charge in [0.1, 0.15) is 0 Å². The minimum atomic E-state index is 0.357. The molecule has 0 amide bonds. The Balaban J connectivity index is 2.82. The molecule has 1 rings (SSSR count). The predicted molar refractivity (Wildman–Crippen MR) is 85.6 cm³/mol. The van der Waals surface area contributed by atoms with Crippen LogP contribution in [0.4, 0.5) is 0 Å². The van der Waals surface area contributed by atoms with Gasteiger partial charge in [0.25, 0.3) is 0 Å². The first-order chi connectivity index (χ1) is 8.99. The van der Waals surface area contributed by atoms with E-state index in [2.05, 4.69) is 57.8 Å². The van der Waals surface area contributed by atoms with Gasteiger partial charge in [-0.25, -0.2) is 0 Å². The fourth-order valence-corrected chi connectivity index (χ4v) is 3.10. The van der Waals surface area contributed by atoms with Gasteiger partial charge < -0.3 is 5.32 Å². The Hall–Kier alpha value is -0.340. The first-order valence-electron chi connectivity index (χ1n) is 8.10. The average molecular weight is 266 g/mol. The molecule has 0 aromatic rings. The summed E-state index contributed by atoms with van der Waals surface area (Å²) in [5.41, 5.74) is 1.79. The summed E-state index contributed by atoms with van der Waals surface area (Å²) in [4.78, 5) is 2.73. The molecular weight excluding hydrogens is 232 g/mol. The minimum Gasteiger partial charge on any atom is -0.311 e. The van der Waals surface area contributed by atoms with Crippen LogP contribution in [0.25, 0.3) is 0 Å². The summed E-state index contributed by atoms with van der Waals surface area (Å²) in [6.07, 6.45) is 6.12. The van der Waals surface area contributed by atoms with Gasteiger partial charge in [-0.1, -0.05) is 45.8 Å². The number of hydrogen-bond acceptors (Lipinski definition) is 2. The molecule has 2 nitrogen and oxygen atoms in total. The van der Waals surface area contributed by atoms with E-state index < -0.39 is 0 Å². The Morgan fingerprint density at radius 3 is 2.42 bits per heavy atom. The van der Waals surface area contributed by atoms with Crippen molar-refractivity contribution >= 4 is 0 Å². The molecule has 0 aromatic carbocycles. The molecular formula is C17H34N2. The van der Waals surface area contributed by atoms with Crippen LogP contribution in [-0.2, 0) is 0 Å². The zero-order chi connectivity index (χ0) is 14.5. The molecule has 0 spiro atoms. The van der Waals surface area contributed by atoms with Crippen LogP contribution in [-0.4, -0.2) is 36.1 Å². The monoisotopic (exact) mass is 266 g/mol. The Labute approximate surface area is 120 Å². The molecule has 0 aromatic heterocycles. The van der Waals surface area contributed by atoms with Crippen LogP contribution in [0.1, 0.15) is 60.8 Å². The number of nitrogens with zero attached hydrogens (tertiary/aromatic N) is 1. The summed E-state index contributed by atoms with van der Waals surface area (Å²) in [6, 6.07) is 0.654. The van der Waals surface area contributed by atoms with Gasteiger partial charge >= 0.3 is 0 Å². The number of piperazine rings is 1. The molecule has 1 N–H and O–H groups in total. The lowest BCUT2D eigenvalue weighted by Gasteiger charge is -2.50. The Bertz CT molecular complexity index is 288. The van der Waals surface area contributed by atoms with Gasteiger partial charge in [-0.05, 0) is 32.6 Å². The fraction of sp³-hybridized carbons (Fsp3) is 0.882. The van der Waals surface area contributed by atoms with Crippen LogP contribution in [0.3, 0.4) is 0 Å². The van der Waals surface area contributed by atoms with Gasteiger partial charge in [-0.15, -0.1) is 0 Å². The molecule has 0 radical (unpaired) electrons. The third-order valence-electron chi connectivity index (χ3n) is 5.15. The topological polar surface area (TPSA) is 15.3 Å². The fourth-order valence-electron chi connectivity index (χ4n) is 3.10. The lowest BCUT2D eigenvalue weighted by molar-refractivity contribution is 0.0301. The second-order valence-electron chi connectivity index (χ2n) is 6.49. The molecule has 2 heteroatoms. The van der Waals surface area contributed by atoms with Gasteiger partial charge in [0.2, 0.25) is 0 Å². The summed E-state index contributed by atoms with van der Waals surface area (Å²) < 4.78 is 0. The maximum atomic E-state index is 3.82. The van der Waals surface area contributed by atoms with Crippen molar-refractivity contribution < 1.29 is 0 Å². The van der Waals surface area contributed by atoms with Crippen molar-refractivity contribution in [3.05, 3.63) is 11.6 Å². The minimum absolute atomic E-state index is 0.357. The number of allylic oxidation sites excluding steroid dienone is 1. The van der Waals surface area contributed by atoms with Crippen molar-refractivity contribution in [1.82, 2.24) is 10.2 Å². The molecule has 19 heavy (non-hydrogen) atoms. The standard InChI is InChI=1S/C17H34N2/c1-7-15(6)16-12-19(11-10-14(4)5)17(8-2,9-3)13-18-16/h10,15-16,18H,7-9,11-13H2,1-6H3. The van der Waals surface area contributed by atoms with Crippen LogP contribution in [0, 0.1) is 5.92 Å². The summed E-state index contributed by atoms with van der Waals surface area (Å²) in [5.74, 6) is 0.765. The molecule has 1 heterocycles. The van der Waals surface area contributed by atoms with Crippen molar-refractivity contribution in [1.29, 1.82) is 0 Å². The lowest BCUT2D eigenvalue weighted by atomic mass is 9.84. The molecule has 0 saturated carbocycles. The van der Waals surface area contributed by atoms with E-state index in [-0.39, 0.29) is 0 Å². The van der Waals surface area contributed by atoms with Crippen LogP contribution >= 0.6 is 0 Å². The van der Waals surface area contributed by atoms with Gasteiger partial charge in [-0.3, -0.25) is 4.90 Å². The van der Waals surface area contributed by atoms with Crippen LogP contribution < -0.4 is 5.32 Å². The molecule has 0 aliphatic carbocycles. The highest BCUT2D eigenvalue weighted by atomic mass is 15.3. The van der Waals surface area contributed by atoms with Crippen molar-refractivity contribution in [2.24, 2.45) is 5.92 Å². The number of nitrogens with one attached hydrogen (secondary N) is 1. The van der Waals surface area contributed by atoms with Crippen molar-refractivity contribution in [3.8, 4) is 0 Å². The molecule has 2 unspecified atom stereocenters. The Morgan fingerprint density at radius 2 is 1.95 bits per heavy atom. The maximum Gasteiger partial charge on any atom is 0.0332 e. The first-order valence-corrected chi connectivity index (χ1v) is 8.10. The van der Waals surface area contributed by atoms with Gasteiger partial charge in [0.15, 0.2) is 0 Å². The molecule has 2 atom stereocenters. The summed E-state index contributed by atoms with van der Waals surface area (Å²) in [5, 5.41) is 3.82. The smallest absolute Gasteiger partial charge is 0.0332 e. The van der Waals surface area contributed by atoms with Crippen molar-refractivity contribution in [3.63, 3.8) is 0 Å². The summed E-state index contributed by atoms with van der Waals surface area (Å²) in [7, 11) is 0. The molecule has 112 valence electrons. The maximum absolute atomic E-state index is 3.82. The SMILES string of the molecule is CCC(C)C1CN(CC=C(C)C)C(CC)(CC)CN1. The summed E-state index contributed by atoms with van der Waals surface area (Å²) in [6.45, 7) is 17.2. The van der Waals surface area contributed by atoms with E-state index in [1.165, 1.54) is 31.4 Å². The van der Waals surface area contributed by atoms with E-state index in [4.69, 9.17) is 0 Å². The Kier molecular flexibility index (Phi) is 6.55.